The van der Waals surface area contributed by atoms with Crippen molar-refractivity contribution >= 4 is 28.5 Å². The van der Waals surface area contributed by atoms with E-state index >= 15 is 0 Å². The number of carbonyl (C=O) groups is 1. The lowest BCUT2D eigenvalue weighted by Gasteiger charge is -1.88. The van der Waals surface area contributed by atoms with Crippen molar-refractivity contribution in [2.75, 3.05) is 0 Å². The van der Waals surface area contributed by atoms with Crippen LogP contribution in [0.25, 0.3) is 11.1 Å². The monoisotopic (exact) mass is 209 g/mol. The van der Waals surface area contributed by atoms with Gasteiger partial charge in [0.1, 0.15) is 11.3 Å². The molecular weight excluding hydrogens is 202 g/mol. The van der Waals surface area contributed by atoms with Crippen LogP contribution in [0.15, 0.2) is 22.6 Å². The molecule has 0 amide bonds. The number of hydrogen-bond donors (Lipinski definition) is 0. The second-order valence-corrected chi connectivity index (χ2v) is 3.48. The Balaban J connectivity index is 2.51. The molecule has 0 saturated carbocycles. The zero-order valence-corrected chi connectivity index (χ0v) is 8.34. The Morgan fingerprint density at radius 3 is 3.00 bits per heavy atom. The van der Waals surface area contributed by atoms with Crippen LogP contribution in [-0.2, 0) is 11.2 Å². The minimum absolute atomic E-state index is 0.0210. The topological polar surface area (TPSA) is 43.1 Å². The number of rotatable bonds is 2. The summed E-state index contributed by atoms with van der Waals surface area (Å²) in [6, 6.07) is 5.33. The van der Waals surface area contributed by atoms with Crippen LogP contribution in [0.2, 0.25) is 5.02 Å². The number of hydrogen-bond acceptors (Lipinski definition) is 3. The Kier molecular flexibility index (Phi) is 2.25. The Morgan fingerprint density at radius 1 is 1.57 bits per heavy atom. The lowest BCUT2D eigenvalue weighted by molar-refractivity contribution is -0.116. The summed E-state index contributed by atoms with van der Waals surface area (Å²) in [5, 5.41) is 0.518. The van der Waals surface area contributed by atoms with Crippen LogP contribution < -0.4 is 0 Å². The van der Waals surface area contributed by atoms with Gasteiger partial charge in [0.25, 0.3) is 0 Å². The minimum Gasteiger partial charge on any atom is -0.439 e. The van der Waals surface area contributed by atoms with E-state index in [4.69, 9.17) is 16.0 Å². The first-order valence-electron chi connectivity index (χ1n) is 4.20. The molecule has 0 bridgehead atoms. The highest BCUT2D eigenvalue weighted by atomic mass is 35.5. The highest BCUT2D eigenvalue weighted by Gasteiger charge is 2.09. The van der Waals surface area contributed by atoms with Gasteiger partial charge in [-0.2, -0.15) is 0 Å². The van der Waals surface area contributed by atoms with Gasteiger partial charge in [0.15, 0.2) is 5.58 Å². The van der Waals surface area contributed by atoms with Crippen LogP contribution >= 0.6 is 11.6 Å². The standard InChI is InChI=1S/C10H8ClNO2/c1-6(13)5-9-12-8-4-2-3-7(11)10(8)14-9/h2-4H,5H2,1H3. The van der Waals surface area contributed by atoms with Gasteiger partial charge in [0, 0.05) is 0 Å². The van der Waals surface area contributed by atoms with E-state index in [0.29, 0.717) is 22.0 Å². The zero-order valence-electron chi connectivity index (χ0n) is 7.58. The molecule has 2 aromatic rings. The molecule has 0 aliphatic rings. The molecule has 0 saturated heterocycles. The van der Waals surface area contributed by atoms with Gasteiger partial charge in [0.2, 0.25) is 5.89 Å². The van der Waals surface area contributed by atoms with Gasteiger partial charge in [-0.1, -0.05) is 17.7 Å². The van der Waals surface area contributed by atoms with Gasteiger partial charge in [-0.15, -0.1) is 0 Å². The fourth-order valence-corrected chi connectivity index (χ4v) is 1.46. The van der Waals surface area contributed by atoms with Crippen LogP contribution in [0, 0.1) is 0 Å². The van der Waals surface area contributed by atoms with E-state index in [-0.39, 0.29) is 12.2 Å². The fourth-order valence-electron chi connectivity index (χ4n) is 1.25. The summed E-state index contributed by atoms with van der Waals surface area (Å²) in [4.78, 5) is 15.0. The van der Waals surface area contributed by atoms with E-state index in [1.807, 2.05) is 0 Å². The van der Waals surface area contributed by atoms with Crippen LogP contribution in [0.4, 0.5) is 0 Å². The number of para-hydroxylation sites is 1. The van der Waals surface area contributed by atoms with Crippen molar-refractivity contribution in [1.29, 1.82) is 0 Å². The highest BCUT2D eigenvalue weighted by Crippen LogP contribution is 2.23. The van der Waals surface area contributed by atoms with E-state index in [1.165, 1.54) is 6.92 Å². The number of nitrogens with zero attached hydrogens (tertiary/aromatic N) is 1. The van der Waals surface area contributed by atoms with Crippen molar-refractivity contribution in [3.05, 3.63) is 29.1 Å². The first-order valence-corrected chi connectivity index (χ1v) is 4.58. The Labute approximate surface area is 85.7 Å². The number of carbonyl (C=O) groups excluding carboxylic acids is 1. The molecule has 0 aliphatic carbocycles. The predicted octanol–water partition coefficient (Wildman–Crippen LogP) is 2.61. The van der Waals surface area contributed by atoms with E-state index in [0.717, 1.165) is 0 Å². The second-order valence-electron chi connectivity index (χ2n) is 3.07. The Morgan fingerprint density at radius 2 is 2.36 bits per heavy atom. The van der Waals surface area contributed by atoms with E-state index in [1.54, 1.807) is 18.2 Å². The molecular formula is C10H8ClNO2. The summed E-state index contributed by atoms with van der Waals surface area (Å²) in [6.45, 7) is 1.50. The van der Waals surface area contributed by atoms with Crippen LogP contribution in [0.5, 0.6) is 0 Å². The number of ketones is 1. The van der Waals surface area contributed by atoms with Gasteiger partial charge < -0.3 is 4.42 Å². The van der Waals surface area contributed by atoms with Gasteiger partial charge in [-0.05, 0) is 19.1 Å². The van der Waals surface area contributed by atoms with Crippen molar-refractivity contribution in [2.45, 2.75) is 13.3 Å². The van der Waals surface area contributed by atoms with Gasteiger partial charge >= 0.3 is 0 Å². The van der Waals surface area contributed by atoms with Crippen molar-refractivity contribution in [3.8, 4) is 0 Å². The Hall–Kier alpha value is -1.35. The molecule has 0 aliphatic heterocycles. The predicted molar refractivity (Wildman–Crippen MR) is 53.4 cm³/mol. The molecule has 0 fully saturated rings. The lowest BCUT2D eigenvalue weighted by atomic mass is 10.3. The molecule has 4 heteroatoms. The molecule has 1 aromatic carbocycles. The molecule has 72 valence electrons. The average Bonchev–Trinajstić information content (AvgIpc) is 2.47. The summed E-state index contributed by atoms with van der Waals surface area (Å²) >= 11 is 5.89. The largest absolute Gasteiger partial charge is 0.439 e. The first-order chi connectivity index (χ1) is 6.66. The van der Waals surface area contributed by atoms with Gasteiger partial charge in [-0.3, -0.25) is 4.79 Å². The maximum Gasteiger partial charge on any atom is 0.202 e. The van der Waals surface area contributed by atoms with Gasteiger partial charge in [-0.25, -0.2) is 4.98 Å². The lowest BCUT2D eigenvalue weighted by Crippen LogP contribution is -1.95. The van der Waals surface area contributed by atoms with Crippen LogP contribution in [-0.4, -0.2) is 10.8 Å². The van der Waals surface area contributed by atoms with Gasteiger partial charge in [0.05, 0.1) is 11.4 Å². The normalized spacial score (nSPS) is 10.7. The maximum absolute atomic E-state index is 10.8. The SMILES string of the molecule is CC(=O)Cc1nc2cccc(Cl)c2o1. The fraction of sp³-hybridized carbons (Fsp3) is 0.200. The number of Topliss-reactive ketones (excluding diaryl/α,β-unsaturated/α-hetero) is 1. The third-order valence-corrected chi connectivity index (χ3v) is 2.11. The summed E-state index contributed by atoms with van der Waals surface area (Å²) in [5.74, 6) is 0.438. The van der Waals surface area contributed by atoms with E-state index in [2.05, 4.69) is 4.98 Å². The van der Waals surface area contributed by atoms with E-state index in [9.17, 15) is 4.79 Å². The van der Waals surface area contributed by atoms with Crippen LogP contribution in [0.1, 0.15) is 12.8 Å². The number of aromatic nitrogens is 1. The van der Waals surface area contributed by atoms with Crippen molar-refractivity contribution in [1.82, 2.24) is 4.98 Å². The highest BCUT2D eigenvalue weighted by molar-refractivity contribution is 6.34. The molecule has 0 N–H and O–H groups in total. The quantitative estimate of drug-likeness (QED) is 0.764. The molecule has 0 unspecified atom stereocenters. The number of halogens is 1. The van der Waals surface area contributed by atoms with Crippen molar-refractivity contribution in [2.24, 2.45) is 0 Å². The summed E-state index contributed by atoms with van der Waals surface area (Å²) in [5.41, 5.74) is 1.24. The molecule has 0 atom stereocenters. The third kappa shape index (κ3) is 1.63. The molecule has 3 nitrogen and oxygen atoms in total. The Bertz CT molecular complexity index is 490. The molecule has 1 aromatic heterocycles. The summed E-state index contributed by atoms with van der Waals surface area (Å²) in [6.07, 6.45) is 0.213. The molecule has 1 heterocycles. The average molecular weight is 210 g/mol. The molecule has 0 radical (unpaired) electrons. The summed E-state index contributed by atoms with van der Waals surface area (Å²) in [7, 11) is 0. The number of benzene rings is 1. The van der Waals surface area contributed by atoms with Crippen molar-refractivity contribution < 1.29 is 9.21 Å². The smallest absolute Gasteiger partial charge is 0.202 e. The maximum atomic E-state index is 10.8. The molecule has 2 rings (SSSR count). The summed E-state index contributed by atoms with van der Waals surface area (Å²) < 4.78 is 5.35. The van der Waals surface area contributed by atoms with Crippen molar-refractivity contribution in [3.63, 3.8) is 0 Å². The zero-order chi connectivity index (χ0) is 10.1. The molecule has 0 spiro atoms. The van der Waals surface area contributed by atoms with E-state index < -0.39 is 0 Å². The van der Waals surface area contributed by atoms with Crippen LogP contribution in [0.3, 0.4) is 0 Å². The second kappa shape index (κ2) is 3.42. The minimum atomic E-state index is 0.0210. The number of oxazole rings is 1. The number of fused-ring (bicyclic) bond motifs is 1. The first kappa shape index (κ1) is 9.21. The third-order valence-electron chi connectivity index (χ3n) is 1.81. The molecule has 14 heavy (non-hydrogen) atoms.